The SMILES string of the molecule is C[C@H]1CCc2c(sc3nc(S[C@H](C)c4nc(-c5ccco5)no4)nc(N)c23)C1. The van der Waals surface area contributed by atoms with Crippen LogP contribution in [0.25, 0.3) is 21.8 Å². The number of aryl methyl sites for hydroxylation is 1. The summed E-state index contributed by atoms with van der Waals surface area (Å²) < 4.78 is 10.7. The number of fused-ring (bicyclic) bond motifs is 3. The Kier molecular flexibility index (Phi) is 4.36. The minimum Gasteiger partial charge on any atom is -0.461 e. The van der Waals surface area contributed by atoms with Crippen LogP contribution in [0.1, 0.15) is 41.8 Å². The molecule has 28 heavy (non-hydrogen) atoms. The van der Waals surface area contributed by atoms with Crippen LogP contribution in [0.2, 0.25) is 0 Å². The van der Waals surface area contributed by atoms with E-state index >= 15 is 0 Å². The third-order valence-electron chi connectivity index (χ3n) is 4.98. The van der Waals surface area contributed by atoms with Crippen molar-refractivity contribution in [2.45, 2.75) is 43.5 Å². The average Bonchev–Trinajstić information content (AvgIpc) is 3.39. The molecule has 2 atom stereocenters. The van der Waals surface area contributed by atoms with E-state index in [-0.39, 0.29) is 5.25 Å². The maximum Gasteiger partial charge on any atom is 0.240 e. The average molecular weight is 414 g/mol. The summed E-state index contributed by atoms with van der Waals surface area (Å²) in [5.74, 6) is 2.78. The third-order valence-corrected chi connectivity index (χ3v) is 7.07. The highest BCUT2D eigenvalue weighted by atomic mass is 32.2. The zero-order valence-corrected chi connectivity index (χ0v) is 17.1. The van der Waals surface area contributed by atoms with Gasteiger partial charge in [0, 0.05) is 4.88 Å². The largest absolute Gasteiger partial charge is 0.461 e. The molecule has 0 aromatic carbocycles. The second kappa shape index (κ2) is 6.89. The first-order valence-corrected chi connectivity index (χ1v) is 10.9. The molecule has 2 N–H and O–H groups in total. The highest BCUT2D eigenvalue weighted by molar-refractivity contribution is 7.99. The van der Waals surface area contributed by atoms with Crippen LogP contribution >= 0.6 is 23.1 Å². The van der Waals surface area contributed by atoms with E-state index in [9.17, 15) is 0 Å². The molecule has 0 fully saturated rings. The van der Waals surface area contributed by atoms with Gasteiger partial charge in [-0.15, -0.1) is 11.3 Å². The van der Waals surface area contributed by atoms with Crippen LogP contribution in [0.15, 0.2) is 32.5 Å². The summed E-state index contributed by atoms with van der Waals surface area (Å²) in [6, 6.07) is 3.58. The fourth-order valence-electron chi connectivity index (χ4n) is 3.52. The Hall–Kier alpha value is -2.39. The van der Waals surface area contributed by atoms with Gasteiger partial charge in [-0.2, -0.15) is 4.98 Å². The lowest BCUT2D eigenvalue weighted by Crippen LogP contribution is -2.09. The number of nitrogens with zero attached hydrogens (tertiary/aromatic N) is 4. The Bertz CT molecular complexity index is 1140. The number of aromatic nitrogens is 4. The summed E-state index contributed by atoms with van der Waals surface area (Å²) in [4.78, 5) is 16.1. The smallest absolute Gasteiger partial charge is 0.240 e. The van der Waals surface area contributed by atoms with Gasteiger partial charge >= 0.3 is 0 Å². The minimum atomic E-state index is -0.109. The molecule has 0 bridgehead atoms. The second-order valence-electron chi connectivity index (χ2n) is 7.12. The molecular formula is C19H19N5O2S2. The number of rotatable bonds is 4. The molecule has 0 amide bonds. The number of nitrogens with two attached hydrogens (primary N) is 1. The van der Waals surface area contributed by atoms with Gasteiger partial charge in [-0.1, -0.05) is 23.8 Å². The molecule has 0 radical (unpaired) electrons. The van der Waals surface area contributed by atoms with E-state index in [1.54, 1.807) is 29.7 Å². The quantitative estimate of drug-likeness (QED) is 0.372. The van der Waals surface area contributed by atoms with E-state index in [1.807, 2.05) is 6.92 Å². The summed E-state index contributed by atoms with van der Waals surface area (Å²) in [5, 5.41) is 5.54. The first kappa shape index (κ1) is 17.7. The molecule has 4 aromatic heterocycles. The molecule has 0 spiro atoms. The van der Waals surface area contributed by atoms with Gasteiger partial charge in [-0.05, 0) is 49.8 Å². The summed E-state index contributed by atoms with van der Waals surface area (Å²) in [7, 11) is 0. The van der Waals surface area contributed by atoms with Crippen molar-refractivity contribution in [3.05, 3.63) is 34.7 Å². The van der Waals surface area contributed by atoms with Gasteiger partial charge in [0.25, 0.3) is 0 Å². The molecule has 1 aliphatic rings. The zero-order valence-electron chi connectivity index (χ0n) is 15.5. The number of nitrogen functional groups attached to an aromatic ring is 1. The van der Waals surface area contributed by atoms with Crippen molar-refractivity contribution >= 4 is 39.1 Å². The molecule has 0 saturated heterocycles. The van der Waals surface area contributed by atoms with Crippen LogP contribution in [0.4, 0.5) is 5.82 Å². The van der Waals surface area contributed by atoms with Crippen LogP contribution in [-0.4, -0.2) is 20.1 Å². The Morgan fingerprint density at radius 2 is 2.21 bits per heavy atom. The Labute approximate surface area is 169 Å². The molecule has 0 saturated carbocycles. The van der Waals surface area contributed by atoms with E-state index in [4.69, 9.17) is 19.7 Å². The molecule has 1 aliphatic carbocycles. The molecule has 144 valence electrons. The van der Waals surface area contributed by atoms with Crippen molar-refractivity contribution in [3.8, 4) is 11.6 Å². The van der Waals surface area contributed by atoms with Gasteiger partial charge in [0.15, 0.2) is 10.9 Å². The number of thioether (sulfide) groups is 1. The molecule has 0 unspecified atom stereocenters. The van der Waals surface area contributed by atoms with Crippen molar-refractivity contribution in [2.75, 3.05) is 5.73 Å². The lowest BCUT2D eigenvalue weighted by Gasteiger charge is -2.17. The maximum atomic E-state index is 6.32. The first-order valence-electron chi connectivity index (χ1n) is 9.20. The molecule has 5 rings (SSSR count). The lowest BCUT2D eigenvalue weighted by molar-refractivity contribution is 0.379. The number of hydrogen-bond acceptors (Lipinski definition) is 9. The second-order valence-corrected chi connectivity index (χ2v) is 9.51. The van der Waals surface area contributed by atoms with Crippen LogP contribution < -0.4 is 5.73 Å². The van der Waals surface area contributed by atoms with Gasteiger partial charge in [0.2, 0.25) is 11.7 Å². The number of anilines is 1. The topological polar surface area (TPSA) is 104 Å². The Morgan fingerprint density at radius 1 is 1.32 bits per heavy atom. The van der Waals surface area contributed by atoms with E-state index in [0.29, 0.717) is 34.4 Å². The molecule has 7 nitrogen and oxygen atoms in total. The predicted octanol–water partition coefficient (Wildman–Crippen LogP) is 4.89. The molecule has 4 aromatic rings. The molecule has 4 heterocycles. The van der Waals surface area contributed by atoms with Crippen LogP contribution in [0.5, 0.6) is 0 Å². The van der Waals surface area contributed by atoms with Gasteiger partial charge in [0.05, 0.1) is 16.9 Å². The minimum absolute atomic E-state index is 0.109. The third kappa shape index (κ3) is 3.08. The van der Waals surface area contributed by atoms with Gasteiger partial charge in [-0.25, -0.2) is 9.97 Å². The van der Waals surface area contributed by atoms with Gasteiger partial charge in [-0.3, -0.25) is 0 Å². The van der Waals surface area contributed by atoms with Crippen molar-refractivity contribution in [1.82, 2.24) is 20.1 Å². The maximum absolute atomic E-state index is 6.32. The number of furan rings is 1. The molecular weight excluding hydrogens is 394 g/mol. The van der Waals surface area contributed by atoms with Crippen LogP contribution in [-0.2, 0) is 12.8 Å². The molecule has 0 aliphatic heterocycles. The van der Waals surface area contributed by atoms with Crippen molar-refractivity contribution < 1.29 is 8.94 Å². The predicted molar refractivity (Wildman–Crippen MR) is 109 cm³/mol. The van der Waals surface area contributed by atoms with Gasteiger partial charge in [0.1, 0.15) is 10.6 Å². The van der Waals surface area contributed by atoms with E-state index in [2.05, 4.69) is 22.0 Å². The van der Waals surface area contributed by atoms with E-state index in [0.717, 1.165) is 23.1 Å². The van der Waals surface area contributed by atoms with Crippen LogP contribution in [0, 0.1) is 5.92 Å². The fraction of sp³-hybridized carbons (Fsp3) is 0.368. The number of thiophene rings is 1. The van der Waals surface area contributed by atoms with Crippen molar-refractivity contribution in [1.29, 1.82) is 0 Å². The van der Waals surface area contributed by atoms with Crippen molar-refractivity contribution in [3.63, 3.8) is 0 Å². The lowest BCUT2D eigenvalue weighted by atomic mass is 9.89. The summed E-state index contributed by atoms with van der Waals surface area (Å²) in [6.45, 7) is 4.28. The Balaban J connectivity index is 1.42. The summed E-state index contributed by atoms with van der Waals surface area (Å²) >= 11 is 3.21. The number of hydrogen-bond donors (Lipinski definition) is 1. The van der Waals surface area contributed by atoms with E-state index in [1.165, 1.54) is 28.6 Å². The normalized spacial score (nSPS) is 17.7. The zero-order chi connectivity index (χ0) is 19.3. The first-order chi connectivity index (χ1) is 13.6. The Morgan fingerprint density at radius 3 is 3.04 bits per heavy atom. The van der Waals surface area contributed by atoms with Crippen LogP contribution in [0.3, 0.4) is 0 Å². The van der Waals surface area contributed by atoms with Crippen molar-refractivity contribution in [2.24, 2.45) is 5.92 Å². The summed E-state index contributed by atoms with van der Waals surface area (Å²) in [6.07, 6.45) is 4.94. The highest BCUT2D eigenvalue weighted by Crippen LogP contribution is 2.41. The fourth-order valence-corrected chi connectivity index (χ4v) is 5.77. The molecule has 9 heteroatoms. The van der Waals surface area contributed by atoms with Gasteiger partial charge < -0.3 is 14.7 Å². The summed E-state index contributed by atoms with van der Waals surface area (Å²) in [5.41, 5.74) is 7.67. The van der Waals surface area contributed by atoms with E-state index < -0.39 is 0 Å². The monoisotopic (exact) mass is 413 g/mol. The standard InChI is InChI=1S/C19H19N5O2S2/c1-9-5-6-11-13(8-9)28-18-14(11)15(20)21-19(23-18)27-10(2)17-22-16(24-26-17)12-4-3-7-25-12/h3-4,7,9-10H,5-6,8H2,1-2H3,(H2,20,21,23)/t9-,10+/m0/s1. The highest BCUT2D eigenvalue weighted by Gasteiger charge is 2.24.